The van der Waals surface area contributed by atoms with Crippen LogP contribution in [0.3, 0.4) is 0 Å². The van der Waals surface area contributed by atoms with E-state index in [1.54, 1.807) is 11.8 Å². The molecule has 0 bridgehead atoms. The van der Waals surface area contributed by atoms with Crippen LogP contribution in [0.1, 0.15) is 11.7 Å². The average molecular weight is 312 g/mol. The number of thioether (sulfide) groups is 1. The van der Waals surface area contributed by atoms with Gasteiger partial charge in [-0.05, 0) is 12.1 Å². The number of para-hydroxylation sites is 1. The standard InChI is InChI=1S/C17H16N2O2S/c20-16(19-17-18-11-12-22-17)15(13-7-3-1-4-8-13)21-14-9-5-2-6-10-14/h1-10,15H,11-12H2,(H,18,19,20). The smallest absolute Gasteiger partial charge is 0.271 e. The molecule has 4 nitrogen and oxygen atoms in total. The fourth-order valence-corrected chi connectivity index (χ4v) is 2.85. The molecule has 1 amide bonds. The molecule has 0 aromatic heterocycles. The number of rotatable bonds is 4. The summed E-state index contributed by atoms with van der Waals surface area (Å²) in [5.74, 6) is 1.36. The van der Waals surface area contributed by atoms with Gasteiger partial charge in [-0.2, -0.15) is 0 Å². The fourth-order valence-electron chi connectivity index (χ4n) is 2.12. The summed E-state index contributed by atoms with van der Waals surface area (Å²) in [6.45, 7) is 0.746. The second-order valence-electron chi connectivity index (χ2n) is 4.75. The van der Waals surface area contributed by atoms with Crippen LogP contribution in [0.5, 0.6) is 5.75 Å². The number of amides is 1. The molecule has 0 aliphatic carbocycles. The summed E-state index contributed by atoms with van der Waals surface area (Å²) < 4.78 is 5.90. The zero-order chi connectivity index (χ0) is 15.2. The van der Waals surface area contributed by atoms with Crippen molar-refractivity contribution in [1.29, 1.82) is 0 Å². The highest BCUT2D eigenvalue weighted by atomic mass is 32.2. The molecule has 1 N–H and O–H groups in total. The molecule has 112 valence electrons. The van der Waals surface area contributed by atoms with Crippen molar-refractivity contribution in [2.24, 2.45) is 4.99 Å². The predicted octanol–water partition coefficient (Wildman–Crippen LogP) is 3.03. The van der Waals surface area contributed by atoms with Gasteiger partial charge in [-0.1, -0.05) is 60.3 Å². The van der Waals surface area contributed by atoms with Crippen molar-refractivity contribution in [3.05, 3.63) is 66.2 Å². The normalized spacial score (nSPS) is 15.0. The summed E-state index contributed by atoms with van der Waals surface area (Å²) in [6, 6.07) is 18.8. The summed E-state index contributed by atoms with van der Waals surface area (Å²) in [5.41, 5.74) is 0.812. The molecular weight excluding hydrogens is 296 g/mol. The van der Waals surface area contributed by atoms with E-state index in [0.29, 0.717) is 10.9 Å². The Morgan fingerprint density at radius 1 is 1.09 bits per heavy atom. The van der Waals surface area contributed by atoms with Gasteiger partial charge in [-0.25, -0.2) is 0 Å². The second kappa shape index (κ2) is 7.13. The number of hydrogen-bond donors (Lipinski definition) is 1. The van der Waals surface area contributed by atoms with Gasteiger partial charge >= 0.3 is 0 Å². The van der Waals surface area contributed by atoms with Crippen LogP contribution in [0.25, 0.3) is 0 Å². The molecule has 0 saturated carbocycles. The van der Waals surface area contributed by atoms with Gasteiger partial charge in [0.05, 0.1) is 6.54 Å². The Morgan fingerprint density at radius 2 is 1.77 bits per heavy atom. The molecule has 0 radical (unpaired) electrons. The highest BCUT2D eigenvalue weighted by molar-refractivity contribution is 8.14. The number of hydrogen-bond acceptors (Lipinski definition) is 4. The molecule has 0 spiro atoms. The lowest BCUT2D eigenvalue weighted by Crippen LogP contribution is -2.35. The summed E-state index contributed by atoms with van der Waals surface area (Å²) in [7, 11) is 0. The SMILES string of the molecule is O=C(NC1=NCCS1)C(Oc1ccccc1)c1ccccc1. The molecule has 5 heteroatoms. The topological polar surface area (TPSA) is 50.7 Å². The van der Waals surface area contributed by atoms with Crippen LogP contribution >= 0.6 is 11.8 Å². The average Bonchev–Trinajstić information content (AvgIpc) is 3.07. The van der Waals surface area contributed by atoms with E-state index in [1.165, 1.54) is 0 Å². The molecule has 1 atom stereocenters. The van der Waals surface area contributed by atoms with Crippen LogP contribution in [0.15, 0.2) is 65.7 Å². The first-order chi connectivity index (χ1) is 10.8. The fraction of sp³-hybridized carbons (Fsp3) is 0.176. The van der Waals surface area contributed by atoms with Crippen LogP contribution in [0.2, 0.25) is 0 Å². The first-order valence-electron chi connectivity index (χ1n) is 7.08. The van der Waals surface area contributed by atoms with Gasteiger partial charge in [0.15, 0.2) is 5.17 Å². The molecular formula is C17H16N2O2S. The van der Waals surface area contributed by atoms with Crippen LogP contribution in [-0.4, -0.2) is 23.4 Å². The van der Waals surface area contributed by atoms with E-state index >= 15 is 0 Å². The number of nitrogens with zero attached hydrogens (tertiary/aromatic N) is 1. The maximum absolute atomic E-state index is 12.6. The largest absolute Gasteiger partial charge is 0.476 e. The molecule has 1 aliphatic heterocycles. The van der Waals surface area contributed by atoms with Gasteiger partial charge in [0.25, 0.3) is 5.91 Å². The Balaban J connectivity index is 1.81. The molecule has 22 heavy (non-hydrogen) atoms. The first-order valence-corrected chi connectivity index (χ1v) is 8.06. The van der Waals surface area contributed by atoms with Crippen LogP contribution in [0.4, 0.5) is 0 Å². The maximum Gasteiger partial charge on any atom is 0.271 e. The quantitative estimate of drug-likeness (QED) is 0.944. The van der Waals surface area contributed by atoms with Crippen LogP contribution < -0.4 is 10.1 Å². The maximum atomic E-state index is 12.6. The Hall–Kier alpha value is -2.27. The lowest BCUT2D eigenvalue weighted by atomic mass is 10.1. The van der Waals surface area contributed by atoms with E-state index in [0.717, 1.165) is 17.9 Å². The molecule has 3 rings (SSSR count). The third-order valence-electron chi connectivity index (χ3n) is 3.15. The Morgan fingerprint density at radius 3 is 2.41 bits per heavy atom. The van der Waals surface area contributed by atoms with Crippen molar-refractivity contribution in [2.45, 2.75) is 6.10 Å². The summed E-state index contributed by atoms with van der Waals surface area (Å²) in [6.07, 6.45) is -0.701. The van der Waals surface area contributed by atoms with Gasteiger partial charge in [0, 0.05) is 11.3 Å². The predicted molar refractivity (Wildman–Crippen MR) is 89.2 cm³/mol. The van der Waals surface area contributed by atoms with E-state index in [9.17, 15) is 4.79 Å². The first kappa shape index (κ1) is 14.7. The van der Waals surface area contributed by atoms with Gasteiger partial charge in [0.1, 0.15) is 5.75 Å². The summed E-state index contributed by atoms with van der Waals surface area (Å²) in [4.78, 5) is 16.8. The minimum atomic E-state index is -0.701. The third kappa shape index (κ3) is 3.68. The summed E-state index contributed by atoms with van der Waals surface area (Å²) >= 11 is 1.55. The van der Waals surface area contributed by atoms with E-state index in [4.69, 9.17) is 4.74 Å². The van der Waals surface area contributed by atoms with E-state index in [2.05, 4.69) is 10.3 Å². The third-order valence-corrected chi connectivity index (χ3v) is 4.04. The van der Waals surface area contributed by atoms with E-state index in [1.807, 2.05) is 60.7 Å². The second-order valence-corrected chi connectivity index (χ2v) is 5.83. The van der Waals surface area contributed by atoms with Crippen molar-refractivity contribution < 1.29 is 9.53 Å². The monoisotopic (exact) mass is 312 g/mol. The number of ether oxygens (including phenoxy) is 1. The molecule has 1 aliphatic rings. The molecule has 2 aromatic carbocycles. The molecule has 2 aromatic rings. The van der Waals surface area contributed by atoms with Crippen LogP contribution in [0, 0.1) is 0 Å². The van der Waals surface area contributed by atoms with Gasteiger partial charge in [-0.3, -0.25) is 9.79 Å². The number of amidine groups is 1. The lowest BCUT2D eigenvalue weighted by Gasteiger charge is -2.19. The van der Waals surface area contributed by atoms with Crippen molar-refractivity contribution in [2.75, 3.05) is 12.3 Å². The van der Waals surface area contributed by atoms with E-state index in [-0.39, 0.29) is 5.91 Å². The number of carbonyl (C=O) groups excluding carboxylic acids is 1. The minimum Gasteiger partial charge on any atom is -0.476 e. The number of carbonyl (C=O) groups is 1. The van der Waals surface area contributed by atoms with Crippen molar-refractivity contribution >= 4 is 22.8 Å². The zero-order valence-electron chi connectivity index (χ0n) is 11.9. The zero-order valence-corrected chi connectivity index (χ0v) is 12.8. The number of nitrogens with one attached hydrogen (secondary N) is 1. The molecule has 0 fully saturated rings. The van der Waals surface area contributed by atoms with Crippen molar-refractivity contribution in [1.82, 2.24) is 5.32 Å². The summed E-state index contributed by atoms with van der Waals surface area (Å²) in [5, 5.41) is 3.52. The highest BCUT2D eigenvalue weighted by Crippen LogP contribution is 2.22. The number of benzene rings is 2. The lowest BCUT2D eigenvalue weighted by molar-refractivity contribution is -0.126. The van der Waals surface area contributed by atoms with Gasteiger partial charge in [0.2, 0.25) is 6.10 Å². The Labute approximate surface area is 133 Å². The Bertz CT molecular complexity index is 659. The minimum absolute atomic E-state index is 0.205. The van der Waals surface area contributed by atoms with E-state index < -0.39 is 6.10 Å². The van der Waals surface area contributed by atoms with Crippen molar-refractivity contribution in [3.8, 4) is 5.75 Å². The van der Waals surface area contributed by atoms with Gasteiger partial charge in [-0.15, -0.1) is 0 Å². The molecule has 1 unspecified atom stereocenters. The molecule has 0 saturated heterocycles. The Kier molecular flexibility index (Phi) is 4.75. The number of aliphatic imine (C=N–C) groups is 1. The van der Waals surface area contributed by atoms with Crippen LogP contribution in [-0.2, 0) is 4.79 Å². The highest BCUT2D eigenvalue weighted by Gasteiger charge is 2.24. The van der Waals surface area contributed by atoms with Gasteiger partial charge < -0.3 is 10.1 Å². The molecule has 1 heterocycles. The van der Waals surface area contributed by atoms with Crippen molar-refractivity contribution in [3.63, 3.8) is 0 Å².